The molecule has 1 saturated heterocycles. The molecule has 8 nitrogen and oxygen atoms in total. The summed E-state index contributed by atoms with van der Waals surface area (Å²) >= 11 is 2.71. The second kappa shape index (κ2) is 9.74. The van der Waals surface area contributed by atoms with Crippen molar-refractivity contribution in [2.24, 2.45) is 0 Å². The number of anilines is 2. The van der Waals surface area contributed by atoms with Crippen molar-refractivity contribution in [1.82, 2.24) is 19.9 Å². The second-order valence-corrected chi connectivity index (χ2v) is 9.81. The molecule has 0 aliphatic carbocycles. The van der Waals surface area contributed by atoms with Crippen molar-refractivity contribution in [3.05, 3.63) is 51.0 Å². The third kappa shape index (κ3) is 5.31. The van der Waals surface area contributed by atoms with E-state index in [0.29, 0.717) is 28.8 Å². The maximum atomic E-state index is 12.8. The van der Waals surface area contributed by atoms with Crippen molar-refractivity contribution in [3.63, 3.8) is 0 Å². The van der Waals surface area contributed by atoms with E-state index in [4.69, 9.17) is 4.98 Å². The molecule has 0 aromatic carbocycles. The van der Waals surface area contributed by atoms with Gasteiger partial charge in [0.05, 0.1) is 17.0 Å². The summed E-state index contributed by atoms with van der Waals surface area (Å²) in [5, 5.41) is 6.99. The first kappa shape index (κ1) is 22.3. The van der Waals surface area contributed by atoms with Gasteiger partial charge in [0.25, 0.3) is 5.91 Å². The predicted molar refractivity (Wildman–Crippen MR) is 128 cm³/mol. The first-order valence-electron chi connectivity index (χ1n) is 10.6. The lowest BCUT2D eigenvalue weighted by Gasteiger charge is -2.35. The minimum absolute atomic E-state index is 0.0489. The number of nitrogens with zero attached hydrogens (tertiary/aromatic N) is 5. The minimum atomic E-state index is -0.177. The molecule has 32 heavy (non-hydrogen) atoms. The van der Waals surface area contributed by atoms with Crippen LogP contribution in [0.1, 0.15) is 46.6 Å². The molecule has 1 aliphatic heterocycles. The summed E-state index contributed by atoms with van der Waals surface area (Å²) < 4.78 is 0. The van der Waals surface area contributed by atoms with E-state index in [1.54, 1.807) is 6.07 Å². The Balaban J connectivity index is 1.31. The molecule has 1 fully saturated rings. The Morgan fingerprint density at radius 3 is 2.59 bits per heavy atom. The fourth-order valence-electron chi connectivity index (χ4n) is 3.46. The first-order valence-corrected chi connectivity index (χ1v) is 12.3. The number of nitrogens with one attached hydrogen (secondary N) is 1. The second-order valence-electron chi connectivity index (χ2n) is 8.00. The van der Waals surface area contributed by atoms with Gasteiger partial charge in [-0.15, -0.1) is 22.7 Å². The third-order valence-corrected chi connectivity index (χ3v) is 6.86. The van der Waals surface area contributed by atoms with Gasteiger partial charge in [-0.2, -0.15) is 0 Å². The largest absolute Gasteiger partial charge is 0.353 e. The van der Waals surface area contributed by atoms with Gasteiger partial charge >= 0.3 is 0 Å². The number of thiazole rings is 1. The molecule has 168 valence electrons. The summed E-state index contributed by atoms with van der Waals surface area (Å²) in [7, 11) is 0. The van der Waals surface area contributed by atoms with Crippen LogP contribution in [0.25, 0.3) is 0 Å². The van der Waals surface area contributed by atoms with Crippen LogP contribution in [0, 0.1) is 6.92 Å². The standard InChI is InChI=1S/C22H26N6O2S2/c1-14(2)20-23-15(3)11-18(25-20)27-6-8-28(9-7-27)19(29)12-16-13-32-22(24-16)26-21(30)17-5-4-10-31-17/h4-5,10-11,13-14H,6-9,12H2,1-3H3,(H,24,26,30). The molecule has 10 heteroatoms. The van der Waals surface area contributed by atoms with Crippen molar-refractivity contribution < 1.29 is 9.59 Å². The summed E-state index contributed by atoms with van der Waals surface area (Å²) in [6.45, 7) is 8.93. The number of piperazine rings is 1. The Hall–Kier alpha value is -2.85. The van der Waals surface area contributed by atoms with Crippen LogP contribution in [0.5, 0.6) is 0 Å². The molecule has 0 saturated carbocycles. The molecule has 0 bridgehead atoms. The van der Waals surface area contributed by atoms with E-state index in [9.17, 15) is 9.59 Å². The highest BCUT2D eigenvalue weighted by molar-refractivity contribution is 7.14. The van der Waals surface area contributed by atoms with Crippen LogP contribution < -0.4 is 10.2 Å². The Morgan fingerprint density at radius 1 is 1.12 bits per heavy atom. The normalized spacial score (nSPS) is 14.1. The van der Waals surface area contributed by atoms with Gasteiger partial charge in [0, 0.05) is 49.2 Å². The van der Waals surface area contributed by atoms with Gasteiger partial charge in [-0.1, -0.05) is 19.9 Å². The van der Waals surface area contributed by atoms with E-state index < -0.39 is 0 Å². The lowest BCUT2D eigenvalue weighted by atomic mass is 10.2. The van der Waals surface area contributed by atoms with Crippen LogP contribution >= 0.6 is 22.7 Å². The summed E-state index contributed by atoms with van der Waals surface area (Å²) in [5.41, 5.74) is 1.64. The van der Waals surface area contributed by atoms with E-state index in [1.807, 2.05) is 34.7 Å². The van der Waals surface area contributed by atoms with E-state index in [-0.39, 0.29) is 24.2 Å². The van der Waals surface area contributed by atoms with Gasteiger partial charge < -0.3 is 9.80 Å². The Morgan fingerprint density at radius 2 is 1.91 bits per heavy atom. The average molecular weight is 471 g/mol. The number of hydrogen-bond acceptors (Lipinski definition) is 8. The Kier molecular flexibility index (Phi) is 6.80. The Labute approximate surface area is 195 Å². The lowest BCUT2D eigenvalue weighted by molar-refractivity contribution is -0.130. The number of rotatable bonds is 6. The molecule has 0 radical (unpaired) electrons. The van der Waals surface area contributed by atoms with Gasteiger partial charge in [0.15, 0.2) is 5.13 Å². The maximum absolute atomic E-state index is 12.8. The molecular formula is C22H26N6O2S2. The predicted octanol–water partition coefficient (Wildman–Crippen LogP) is 3.57. The number of aryl methyl sites for hydroxylation is 1. The van der Waals surface area contributed by atoms with Crippen LogP contribution in [0.15, 0.2) is 29.0 Å². The molecule has 4 heterocycles. The van der Waals surface area contributed by atoms with Crippen LogP contribution in [-0.2, 0) is 11.2 Å². The van der Waals surface area contributed by atoms with E-state index >= 15 is 0 Å². The molecular weight excluding hydrogens is 444 g/mol. The first-order chi connectivity index (χ1) is 15.4. The Bertz CT molecular complexity index is 1090. The van der Waals surface area contributed by atoms with Gasteiger partial charge in [-0.25, -0.2) is 15.0 Å². The van der Waals surface area contributed by atoms with Crippen molar-refractivity contribution in [2.75, 3.05) is 36.4 Å². The molecule has 1 N–H and O–H groups in total. The fourth-order valence-corrected chi connectivity index (χ4v) is 4.78. The van der Waals surface area contributed by atoms with Crippen LogP contribution in [0.4, 0.5) is 10.9 Å². The van der Waals surface area contributed by atoms with E-state index in [0.717, 1.165) is 30.4 Å². The number of carbonyl (C=O) groups is 2. The van der Waals surface area contributed by atoms with Crippen LogP contribution in [0.3, 0.4) is 0 Å². The minimum Gasteiger partial charge on any atom is -0.353 e. The van der Waals surface area contributed by atoms with Gasteiger partial charge in [-0.05, 0) is 18.4 Å². The smallest absolute Gasteiger partial charge is 0.267 e. The zero-order valence-corrected chi connectivity index (χ0v) is 20.0. The average Bonchev–Trinajstić information content (AvgIpc) is 3.46. The van der Waals surface area contributed by atoms with E-state index in [1.165, 1.54) is 22.7 Å². The molecule has 0 atom stereocenters. The maximum Gasteiger partial charge on any atom is 0.267 e. The van der Waals surface area contributed by atoms with Crippen molar-refractivity contribution in [1.29, 1.82) is 0 Å². The molecule has 1 aliphatic rings. The van der Waals surface area contributed by atoms with Crippen molar-refractivity contribution in [3.8, 4) is 0 Å². The molecule has 3 aromatic heterocycles. The quantitative estimate of drug-likeness (QED) is 0.592. The van der Waals surface area contributed by atoms with Crippen molar-refractivity contribution in [2.45, 2.75) is 33.1 Å². The highest BCUT2D eigenvalue weighted by atomic mass is 32.1. The van der Waals surface area contributed by atoms with E-state index in [2.05, 4.69) is 34.0 Å². The molecule has 2 amide bonds. The number of amides is 2. The molecule has 0 unspecified atom stereocenters. The SMILES string of the molecule is Cc1cc(N2CCN(C(=O)Cc3csc(NC(=O)c4cccs4)n3)CC2)nc(C(C)C)n1. The van der Waals surface area contributed by atoms with Gasteiger partial charge in [0.1, 0.15) is 11.6 Å². The topological polar surface area (TPSA) is 91.3 Å². The monoisotopic (exact) mass is 470 g/mol. The van der Waals surface area contributed by atoms with Gasteiger partial charge in [-0.3, -0.25) is 14.9 Å². The van der Waals surface area contributed by atoms with Gasteiger partial charge in [0.2, 0.25) is 5.91 Å². The molecule has 4 rings (SSSR count). The number of thiophene rings is 1. The van der Waals surface area contributed by atoms with Crippen LogP contribution in [-0.4, -0.2) is 57.8 Å². The summed E-state index contributed by atoms with van der Waals surface area (Å²) in [4.78, 5) is 43.3. The summed E-state index contributed by atoms with van der Waals surface area (Å²) in [6, 6.07) is 5.61. The zero-order valence-electron chi connectivity index (χ0n) is 18.4. The fraction of sp³-hybridized carbons (Fsp3) is 0.409. The highest BCUT2D eigenvalue weighted by Gasteiger charge is 2.23. The number of hydrogen-bond donors (Lipinski definition) is 1. The number of carbonyl (C=O) groups excluding carboxylic acids is 2. The zero-order chi connectivity index (χ0) is 22.7. The highest BCUT2D eigenvalue weighted by Crippen LogP contribution is 2.21. The third-order valence-electron chi connectivity index (χ3n) is 5.18. The number of aromatic nitrogens is 3. The van der Waals surface area contributed by atoms with Crippen molar-refractivity contribution >= 4 is 45.4 Å². The summed E-state index contributed by atoms with van der Waals surface area (Å²) in [5.74, 6) is 1.93. The van der Waals surface area contributed by atoms with Crippen LogP contribution in [0.2, 0.25) is 0 Å². The molecule has 3 aromatic rings. The summed E-state index contributed by atoms with van der Waals surface area (Å²) in [6.07, 6.45) is 0.232. The lowest BCUT2D eigenvalue weighted by Crippen LogP contribution is -2.49. The molecule has 0 spiro atoms.